The second-order valence-corrected chi connectivity index (χ2v) is 12.3. The first-order valence-corrected chi connectivity index (χ1v) is 15.2. The Bertz CT molecular complexity index is 1910. The van der Waals surface area contributed by atoms with E-state index < -0.39 is 0 Å². The van der Waals surface area contributed by atoms with E-state index in [1.54, 1.807) is 54.7 Å². The zero-order chi connectivity index (χ0) is 32.6. The number of rotatable bonds is 10. The van der Waals surface area contributed by atoms with Gasteiger partial charge in [0.25, 0.3) is 11.5 Å². The van der Waals surface area contributed by atoms with E-state index in [1.807, 2.05) is 6.07 Å². The van der Waals surface area contributed by atoms with Gasteiger partial charge in [0.2, 0.25) is 11.8 Å². The Morgan fingerprint density at radius 3 is 2.78 bits per heavy atom. The molecule has 1 aliphatic carbocycles. The number of aliphatic hydroxyl groups is 1. The van der Waals surface area contributed by atoms with Crippen LogP contribution in [0.25, 0.3) is 11.1 Å². The highest BCUT2D eigenvalue weighted by Crippen LogP contribution is 2.40. The molecule has 0 saturated heterocycles. The van der Waals surface area contributed by atoms with Gasteiger partial charge in [-0.2, -0.15) is 4.98 Å². The largest absolute Gasteiger partial charge is 0.476 e. The molecule has 0 saturated carbocycles. The normalized spacial score (nSPS) is 14.9. The van der Waals surface area contributed by atoms with Crippen LogP contribution >= 0.6 is 0 Å². The maximum Gasteiger partial charge on any atom is 0.276 e. The van der Waals surface area contributed by atoms with E-state index in [9.17, 15) is 19.5 Å². The number of pyridine rings is 3. The average molecular weight is 624 g/mol. The first-order chi connectivity index (χ1) is 22.1. The highest BCUT2D eigenvalue weighted by molar-refractivity contribution is 6.06. The molecule has 2 aliphatic rings. The lowest BCUT2D eigenvalue weighted by molar-refractivity contribution is -0.116. The molecule has 0 radical (unpaired) electrons. The zero-order valence-electron chi connectivity index (χ0n) is 26.2. The average Bonchev–Trinajstić information content (AvgIpc) is 3.53. The Balaban J connectivity index is 1.26. The van der Waals surface area contributed by atoms with Crippen LogP contribution in [-0.2, 0) is 37.8 Å². The van der Waals surface area contributed by atoms with Gasteiger partial charge < -0.3 is 29.6 Å². The van der Waals surface area contributed by atoms with Gasteiger partial charge in [-0.1, -0.05) is 26.5 Å². The summed E-state index contributed by atoms with van der Waals surface area (Å²) >= 11 is 0. The maximum atomic E-state index is 13.8. The molecule has 12 heteroatoms. The number of amides is 2. The summed E-state index contributed by atoms with van der Waals surface area (Å²) in [5.74, 6) is 0.669. The van der Waals surface area contributed by atoms with Crippen LogP contribution in [0.15, 0.2) is 66.2 Å². The molecule has 6 rings (SSSR count). The number of anilines is 3. The van der Waals surface area contributed by atoms with Crippen molar-refractivity contribution in [3.05, 3.63) is 94.3 Å². The standard InChI is InChI=1S/C34H37N7O5/c1-5-29(43)35-11-14-46-30-8-6-7-28(38-30)37-25-15-22(19-39(4)32(25)44)23-9-10-36-31(24(23)20-42)41-13-12-40-26(33(41)45)16-21-17-34(2,3)18-27(21)40/h5-10,15-16,19,42H,1,11-14,17-18,20H2,2-4H3,(H,35,43)(H,37,38). The fourth-order valence-corrected chi connectivity index (χ4v) is 6.31. The van der Waals surface area contributed by atoms with Crippen LogP contribution in [0.3, 0.4) is 0 Å². The van der Waals surface area contributed by atoms with E-state index in [-0.39, 0.29) is 48.2 Å². The summed E-state index contributed by atoms with van der Waals surface area (Å²) in [6.07, 6.45) is 6.37. The third-order valence-electron chi connectivity index (χ3n) is 8.39. The van der Waals surface area contributed by atoms with Gasteiger partial charge in [-0.05, 0) is 59.7 Å². The van der Waals surface area contributed by atoms with Crippen molar-refractivity contribution in [2.24, 2.45) is 12.5 Å². The summed E-state index contributed by atoms with van der Waals surface area (Å²) in [4.78, 5) is 48.9. The first-order valence-electron chi connectivity index (χ1n) is 15.2. The predicted octanol–water partition coefficient (Wildman–Crippen LogP) is 3.35. The summed E-state index contributed by atoms with van der Waals surface area (Å²) in [7, 11) is 1.64. The Labute approximate surface area is 266 Å². The molecule has 2 amide bonds. The third-order valence-corrected chi connectivity index (χ3v) is 8.39. The molecular formula is C34H37N7O5. The molecule has 0 unspecified atom stereocenters. The van der Waals surface area contributed by atoms with Gasteiger partial charge in [-0.25, -0.2) is 4.98 Å². The minimum atomic E-state index is -0.353. The smallest absolute Gasteiger partial charge is 0.276 e. The van der Waals surface area contributed by atoms with E-state index in [0.717, 1.165) is 12.8 Å². The highest BCUT2D eigenvalue weighted by Gasteiger charge is 2.37. The van der Waals surface area contributed by atoms with Crippen LogP contribution in [0.5, 0.6) is 5.88 Å². The number of nitrogens with zero attached hydrogens (tertiary/aromatic N) is 5. The number of aromatic nitrogens is 4. The monoisotopic (exact) mass is 623 g/mol. The van der Waals surface area contributed by atoms with E-state index in [2.05, 4.69) is 45.6 Å². The molecule has 0 spiro atoms. The minimum Gasteiger partial charge on any atom is -0.476 e. The maximum absolute atomic E-state index is 13.8. The van der Waals surface area contributed by atoms with Crippen LogP contribution < -0.4 is 25.8 Å². The first kappa shape index (κ1) is 30.8. The van der Waals surface area contributed by atoms with Gasteiger partial charge in [0.1, 0.15) is 29.6 Å². The van der Waals surface area contributed by atoms with E-state index >= 15 is 0 Å². The lowest BCUT2D eigenvalue weighted by Crippen LogP contribution is -2.41. The fraction of sp³-hybridized carbons (Fsp3) is 0.324. The molecule has 4 aromatic heterocycles. The molecule has 0 atom stereocenters. The van der Waals surface area contributed by atoms with Crippen LogP contribution in [0.4, 0.5) is 17.3 Å². The van der Waals surface area contributed by atoms with Crippen molar-refractivity contribution in [1.82, 2.24) is 24.4 Å². The van der Waals surface area contributed by atoms with Crippen molar-refractivity contribution in [3.8, 4) is 17.0 Å². The summed E-state index contributed by atoms with van der Waals surface area (Å²) in [6, 6.07) is 10.6. The van der Waals surface area contributed by atoms with Crippen molar-refractivity contribution in [2.75, 3.05) is 29.9 Å². The summed E-state index contributed by atoms with van der Waals surface area (Å²) < 4.78 is 9.22. The van der Waals surface area contributed by atoms with Gasteiger partial charge in [-0.3, -0.25) is 19.3 Å². The van der Waals surface area contributed by atoms with E-state index in [0.29, 0.717) is 53.0 Å². The van der Waals surface area contributed by atoms with Gasteiger partial charge in [0, 0.05) is 55.4 Å². The molecule has 46 heavy (non-hydrogen) atoms. The Kier molecular flexibility index (Phi) is 8.22. The second kappa shape index (κ2) is 12.3. The molecule has 4 aromatic rings. The van der Waals surface area contributed by atoms with Gasteiger partial charge in [-0.15, -0.1) is 0 Å². The number of nitrogens with one attached hydrogen (secondary N) is 2. The Hall–Kier alpha value is -5.23. The Morgan fingerprint density at radius 1 is 1.17 bits per heavy atom. The summed E-state index contributed by atoms with van der Waals surface area (Å²) in [5, 5.41) is 16.3. The van der Waals surface area contributed by atoms with Crippen LogP contribution in [0.2, 0.25) is 0 Å². The number of carbonyl (C=O) groups is 2. The number of aryl methyl sites for hydroxylation is 1. The number of carbonyl (C=O) groups excluding carboxylic acids is 2. The van der Waals surface area contributed by atoms with Crippen molar-refractivity contribution in [2.45, 2.75) is 39.8 Å². The lowest BCUT2D eigenvalue weighted by atomic mass is 9.90. The van der Waals surface area contributed by atoms with Crippen LogP contribution in [0, 0.1) is 5.41 Å². The molecule has 0 fully saturated rings. The molecule has 0 aromatic carbocycles. The lowest BCUT2D eigenvalue weighted by Gasteiger charge is -2.31. The molecule has 5 heterocycles. The Morgan fingerprint density at radius 2 is 2.00 bits per heavy atom. The van der Waals surface area contributed by atoms with Crippen molar-refractivity contribution in [3.63, 3.8) is 0 Å². The second-order valence-electron chi connectivity index (χ2n) is 12.3. The van der Waals surface area contributed by atoms with Gasteiger partial charge in [0.05, 0.1) is 13.2 Å². The van der Waals surface area contributed by atoms with Crippen molar-refractivity contribution in [1.29, 1.82) is 0 Å². The molecule has 1 aliphatic heterocycles. The van der Waals surface area contributed by atoms with Crippen molar-refractivity contribution >= 4 is 29.1 Å². The fourth-order valence-electron chi connectivity index (χ4n) is 6.31. The van der Waals surface area contributed by atoms with Crippen LogP contribution in [0.1, 0.15) is 41.2 Å². The van der Waals surface area contributed by atoms with E-state index in [1.165, 1.54) is 21.9 Å². The summed E-state index contributed by atoms with van der Waals surface area (Å²) in [6.45, 7) is 9.12. The molecule has 0 bridgehead atoms. The topological polar surface area (TPSA) is 144 Å². The number of fused-ring (bicyclic) bond motifs is 3. The van der Waals surface area contributed by atoms with Gasteiger partial charge in [0.15, 0.2) is 0 Å². The number of hydrogen-bond acceptors (Lipinski definition) is 8. The molecule has 3 N–H and O–H groups in total. The SMILES string of the molecule is C=CC(=O)NCCOc1cccc(Nc2cc(-c3ccnc(N4CCn5c(cc6c5CC(C)(C)C6)C4=O)c3CO)cn(C)c2=O)n1. The van der Waals surface area contributed by atoms with Gasteiger partial charge >= 0.3 is 0 Å². The zero-order valence-corrected chi connectivity index (χ0v) is 26.2. The number of ether oxygens (including phenoxy) is 1. The predicted molar refractivity (Wildman–Crippen MR) is 174 cm³/mol. The van der Waals surface area contributed by atoms with E-state index in [4.69, 9.17) is 4.74 Å². The molecular weight excluding hydrogens is 586 g/mol. The molecule has 238 valence electrons. The highest BCUT2D eigenvalue weighted by atomic mass is 16.5. The van der Waals surface area contributed by atoms with Crippen LogP contribution in [-0.4, -0.2) is 55.7 Å². The number of aliphatic hydroxyl groups excluding tert-OH is 1. The quantitative estimate of drug-likeness (QED) is 0.180. The minimum absolute atomic E-state index is 0.142. The van der Waals surface area contributed by atoms with Crippen molar-refractivity contribution < 1.29 is 19.4 Å². The third kappa shape index (κ3) is 5.91. The molecule has 12 nitrogen and oxygen atoms in total. The number of hydrogen-bond donors (Lipinski definition) is 3. The summed E-state index contributed by atoms with van der Waals surface area (Å²) in [5.41, 5.74) is 5.07.